The fourth-order valence-corrected chi connectivity index (χ4v) is 2.20. The van der Waals surface area contributed by atoms with Gasteiger partial charge in [-0.15, -0.1) is 0 Å². The number of nitrogen functional groups attached to an aromatic ring is 1. The van der Waals surface area contributed by atoms with Gasteiger partial charge in [0, 0.05) is 11.3 Å². The van der Waals surface area contributed by atoms with Gasteiger partial charge < -0.3 is 15.8 Å². The van der Waals surface area contributed by atoms with E-state index in [2.05, 4.69) is 5.32 Å². The van der Waals surface area contributed by atoms with Gasteiger partial charge in [0.1, 0.15) is 5.75 Å². The third-order valence-electron chi connectivity index (χ3n) is 3.46. The van der Waals surface area contributed by atoms with Crippen LogP contribution >= 0.6 is 0 Å². The Morgan fingerprint density at radius 3 is 2.48 bits per heavy atom. The van der Waals surface area contributed by atoms with Crippen LogP contribution in [-0.4, -0.2) is 13.0 Å². The van der Waals surface area contributed by atoms with Gasteiger partial charge in [-0.2, -0.15) is 0 Å². The summed E-state index contributed by atoms with van der Waals surface area (Å²) in [5.74, 6) is 0.447. The summed E-state index contributed by atoms with van der Waals surface area (Å²) in [6.45, 7) is 5.79. The number of nitrogens with two attached hydrogens (primary N) is 1. The minimum Gasteiger partial charge on any atom is -0.495 e. The monoisotopic (exact) mass is 284 g/mol. The molecule has 0 saturated heterocycles. The molecular weight excluding hydrogens is 264 g/mol. The quantitative estimate of drug-likeness (QED) is 0.848. The van der Waals surface area contributed by atoms with Gasteiger partial charge in [-0.05, 0) is 55.7 Å². The van der Waals surface area contributed by atoms with Crippen LogP contribution < -0.4 is 15.8 Å². The van der Waals surface area contributed by atoms with Gasteiger partial charge in [0.05, 0.1) is 12.8 Å². The number of benzene rings is 2. The van der Waals surface area contributed by atoms with Gasteiger partial charge in [0.2, 0.25) is 0 Å². The fourth-order valence-electron chi connectivity index (χ4n) is 2.20. The smallest absolute Gasteiger partial charge is 0.256 e. The van der Waals surface area contributed by atoms with E-state index in [-0.39, 0.29) is 5.91 Å². The zero-order valence-electron chi connectivity index (χ0n) is 12.8. The van der Waals surface area contributed by atoms with Crippen molar-refractivity contribution in [3.05, 3.63) is 52.6 Å². The van der Waals surface area contributed by atoms with Crippen molar-refractivity contribution in [2.45, 2.75) is 20.8 Å². The Kier molecular flexibility index (Phi) is 4.17. The van der Waals surface area contributed by atoms with Gasteiger partial charge in [0.25, 0.3) is 5.91 Å². The first-order chi connectivity index (χ1) is 9.92. The summed E-state index contributed by atoms with van der Waals surface area (Å²) < 4.78 is 5.30. The number of nitrogens with one attached hydrogen (secondary N) is 1. The van der Waals surface area contributed by atoms with Gasteiger partial charge in [-0.3, -0.25) is 4.79 Å². The summed E-state index contributed by atoms with van der Waals surface area (Å²) in [5, 5.41) is 2.87. The first-order valence-corrected chi connectivity index (χ1v) is 6.75. The zero-order chi connectivity index (χ0) is 15.6. The molecule has 0 unspecified atom stereocenters. The molecule has 0 bridgehead atoms. The van der Waals surface area contributed by atoms with Crippen LogP contribution in [0.4, 0.5) is 11.4 Å². The molecule has 2 aromatic carbocycles. The van der Waals surface area contributed by atoms with Crippen LogP contribution in [0.5, 0.6) is 5.75 Å². The van der Waals surface area contributed by atoms with Gasteiger partial charge >= 0.3 is 0 Å². The Labute approximate surface area is 124 Å². The maximum atomic E-state index is 12.4. The van der Waals surface area contributed by atoms with E-state index in [4.69, 9.17) is 10.5 Å². The number of carbonyl (C=O) groups excluding carboxylic acids is 1. The highest BCUT2D eigenvalue weighted by molar-refractivity contribution is 6.06. The number of hydrogen-bond donors (Lipinski definition) is 2. The van der Waals surface area contributed by atoms with Crippen molar-refractivity contribution < 1.29 is 9.53 Å². The number of amides is 1. The van der Waals surface area contributed by atoms with Crippen molar-refractivity contribution in [1.82, 2.24) is 0 Å². The van der Waals surface area contributed by atoms with Crippen molar-refractivity contribution in [3.8, 4) is 5.75 Å². The van der Waals surface area contributed by atoms with Gasteiger partial charge in [0.15, 0.2) is 0 Å². The molecule has 21 heavy (non-hydrogen) atoms. The molecule has 1 amide bonds. The summed E-state index contributed by atoms with van der Waals surface area (Å²) in [6.07, 6.45) is 0. The molecule has 4 heteroatoms. The van der Waals surface area contributed by atoms with Gasteiger partial charge in [-0.25, -0.2) is 0 Å². The van der Waals surface area contributed by atoms with Crippen LogP contribution in [0.25, 0.3) is 0 Å². The molecule has 3 N–H and O–H groups in total. The van der Waals surface area contributed by atoms with Crippen molar-refractivity contribution in [2.75, 3.05) is 18.2 Å². The minimum absolute atomic E-state index is 0.193. The first-order valence-electron chi connectivity index (χ1n) is 6.75. The Balaban J connectivity index is 2.32. The molecule has 0 aromatic heterocycles. The van der Waals surface area contributed by atoms with Crippen LogP contribution in [0, 0.1) is 20.8 Å². The second-order valence-corrected chi connectivity index (χ2v) is 5.18. The van der Waals surface area contributed by atoms with Crippen molar-refractivity contribution >= 4 is 17.3 Å². The number of rotatable bonds is 3. The third-order valence-corrected chi connectivity index (χ3v) is 3.46. The summed E-state index contributed by atoms with van der Waals surface area (Å²) in [6, 6.07) is 9.26. The van der Waals surface area contributed by atoms with Crippen LogP contribution in [0.3, 0.4) is 0 Å². The molecule has 0 aliphatic rings. The predicted octanol–water partition coefficient (Wildman–Crippen LogP) is 3.45. The number of ether oxygens (including phenoxy) is 1. The lowest BCUT2D eigenvalue weighted by Gasteiger charge is -2.13. The molecule has 0 atom stereocenters. The Hall–Kier alpha value is -2.49. The summed E-state index contributed by atoms with van der Waals surface area (Å²) >= 11 is 0. The lowest BCUT2D eigenvalue weighted by Crippen LogP contribution is -2.15. The van der Waals surface area contributed by atoms with Crippen LogP contribution in [0.15, 0.2) is 30.3 Å². The topological polar surface area (TPSA) is 64.3 Å². The summed E-state index contributed by atoms with van der Waals surface area (Å²) in [7, 11) is 1.58. The van der Waals surface area contributed by atoms with Crippen LogP contribution in [0.2, 0.25) is 0 Å². The highest BCUT2D eigenvalue weighted by Gasteiger charge is 2.13. The Morgan fingerprint density at radius 2 is 1.81 bits per heavy atom. The molecule has 0 radical (unpaired) electrons. The molecule has 0 fully saturated rings. The average Bonchev–Trinajstić information content (AvgIpc) is 2.44. The SMILES string of the molecule is COc1cc(C)ccc1NC(=O)c1cc(N)c(C)cc1C. The Morgan fingerprint density at radius 1 is 1.10 bits per heavy atom. The van der Waals surface area contributed by atoms with Crippen LogP contribution in [0.1, 0.15) is 27.0 Å². The molecule has 0 aliphatic heterocycles. The van der Waals surface area contributed by atoms with Crippen LogP contribution in [-0.2, 0) is 0 Å². The molecule has 4 nitrogen and oxygen atoms in total. The van der Waals surface area contributed by atoms with E-state index in [0.717, 1.165) is 16.7 Å². The fraction of sp³-hybridized carbons (Fsp3) is 0.235. The predicted molar refractivity (Wildman–Crippen MR) is 86.0 cm³/mol. The van der Waals surface area contributed by atoms with E-state index in [1.54, 1.807) is 13.2 Å². The van der Waals surface area contributed by atoms with E-state index in [0.29, 0.717) is 22.7 Å². The largest absolute Gasteiger partial charge is 0.495 e. The summed E-state index contributed by atoms with van der Waals surface area (Å²) in [4.78, 5) is 12.4. The van der Waals surface area contributed by atoms with E-state index >= 15 is 0 Å². The third kappa shape index (κ3) is 3.16. The highest BCUT2D eigenvalue weighted by Crippen LogP contribution is 2.26. The number of carbonyl (C=O) groups is 1. The standard InChI is InChI=1S/C17H20N2O2/c1-10-5-6-15(16(7-10)21-4)19-17(20)13-9-14(18)12(3)8-11(13)2/h5-9H,18H2,1-4H3,(H,19,20). The molecule has 0 aliphatic carbocycles. The zero-order valence-corrected chi connectivity index (χ0v) is 12.8. The number of hydrogen-bond acceptors (Lipinski definition) is 3. The second kappa shape index (κ2) is 5.87. The lowest BCUT2D eigenvalue weighted by molar-refractivity contribution is 0.102. The normalized spacial score (nSPS) is 10.3. The molecule has 2 aromatic rings. The van der Waals surface area contributed by atoms with E-state index in [1.807, 2.05) is 45.0 Å². The number of aryl methyl sites for hydroxylation is 3. The first kappa shape index (κ1) is 14.9. The molecular formula is C17H20N2O2. The second-order valence-electron chi connectivity index (χ2n) is 5.18. The van der Waals surface area contributed by atoms with E-state index in [9.17, 15) is 4.79 Å². The average molecular weight is 284 g/mol. The number of methoxy groups -OCH3 is 1. The number of anilines is 2. The molecule has 0 saturated carbocycles. The van der Waals surface area contributed by atoms with Crippen molar-refractivity contribution in [1.29, 1.82) is 0 Å². The van der Waals surface area contributed by atoms with Crippen molar-refractivity contribution in [2.24, 2.45) is 0 Å². The molecule has 110 valence electrons. The summed E-state index contributed by atoms with van der Waals surface area (Å²) in [5.41, 5.74) is 10.7. The van der Waals surface area contributed by atoms with E-state index < -0.39 is 0 Å². The van der Waals surface area contributed by atoms with Gasteiger partial charge in [-0.1, -0.05) is 12.1 Å². The minimum atomic E-state index is -0.193. The molecule has 0 heterocycles. The molecule has 0 spiro atoms. The van der Waals surface area contributed by atoms with E-state index in [1.165, 1.54) is 0 Å². The molecule has 2 rings (SSSR count). The maximum Gasteiger partial charge on any atom is 0.256 e. The lowest BCUT2D eigenvalue weighted by atomic mass is 10.0. The van der Waals surface area contributed by atoms with Crippen molar-refractivity contribution in [3.63, 3.8) is 0 Å². The maximum absolute atomic E-state index is 12.4. The highest BCUT2D eigenvalue weighted by atomic mass is 16.5. The Bertz CT molecular complexity index is 693.